The number of hydrogen-bond donors (Lipinski definition) is 3. The average Bonchev–Trinajstić information content (AvgIpc) is 2.12. The molecule has 18 heavy (non-hydrogen) atoms. The van der Waals surface area contributed by atoms with E-state index in [4.69, 9.17) is 15.6 Å². The van der Waals surface area contributed by atoms with Gasteiger partial charge in [0.25, 0.3) is 0 Å². The van der Waals surface area contributed by atoms with E-state index in [9.17, 15) is 14.4 Å². The summed E-state index contributed by atoms with van der Waals surface area (Å²) in [5, 5.41) is 11.1. The molecule has 4 N–H and O–H groups in total. The molecule has 0 heterocycles. The second-order valence-corrected chi connectivity index (χ2v) is 5.55. The Hall–Kier alpha value is -1.44. The van der Waals surface area contributed by atoms with Crippen molar-refractivity contribution in [1.82, 2.24) is 5.32 Å². The monoisotopic (exact) mass is 278 g/mol. The summed E-state index contributed by atoms with van der Waals surface area (Å²) >= 11 is 1.03. The van der Waals surface area contributed by atoms with E-state index < -0.39 is 29.6 Å². The normalized spacial score (nSPS) is 12.6. The van der Waals surface area contributed by atoms with Gasteiger partial charge in [-0.3, -0.25) is 4.79 Å². The highest BCUT2D eigenvalue weighted by Gasteiger charge is 2.23. The first-order chi connectivity index (χ1) is 8.11. The van der Waals surface area contributed by atoms with Crippen molar-refractivity contribution >= 4 is 29.7 Å². The summed E-state index contributed by atoms with van der Waals surface area (Å²) in [6.07, 6.45) is -0.811. The van der Waals surface area contributed by atoms with Crippen LogP contribution in [-0.4, -0.2) is 46.2 Å². The van der Waals surface area contributed by atoms with Gasteiger partial charge in [-0.15, -0.1) is 11.8 Å². The zero-order chi connectivity index (χ0) is 14.3. The number of carbonyl (C=O) groups excluding carboxylic acids is 2. The van der Waals surface area contributed by atoms with Crippen LogP contribution in [0.2, 0.25) is 0 Å². The minimum atomic E-state index is -1.20. The molecule has 104 valence electrons. The summed E-state index contributed by atoms with van der Waals surface area (Å²) in [5.41, 5.74) is 4.22. The number of aliphatic carboxylic acids is 1. The number of hydrogen-bond acceptors (Lipinski definition) is 5. The molecule has 2 amide bonds. The fourth-order valence-electron chi connectivity index (χ4n) is 0.902. The van der Waals surface area contributed by atoms with Gasteiger partial charge in [0.15, 0.2) is 0 Å². The van der Waals surface area contributed by atoms with Crippen molar-refractivity contribution in [3.63, 3.8) is 0 Å². The summed E-state index contributed by atoms with van der Waals surface area (Å²) in [7, 11) is 0. The number of rotatable bonds is 6. The van der Waals surface area contributed by atoms with E-state index in [2.05, 4.69) is 5.32 Å². The molecular weight excluding hydrogens is 260 g/mol. The Balaban J connectivity index is 4.23. The van der Waals surface area contributed by atoms with Crippen molar-refractivity contribution in [2.45, 2.75) is 32.4 Å². The molecule has 8 heteroatoms. The second-order valence-electron chi connectivity index (χ2n) is 4.52. The van der Waals surface area contributed by atoms with Crippen LogP contribution >= 0.6 is 11.8 Å². The fraction of sp³-hybridized carbons (Fsp3) is 0.700. The zero-order valence-electron chi connectivity index (χ0n) is 10.6. The van der Waals surface area contributed by atoms with Crippen LogP contribution < -0.4 is 11.1 Å². The molecule has 0 bridgehead atoms. The molecule has 0 aromatic rings. The van der Waals surface area contributed by atoms with Crippen LogP contribution in [0.1, 0.15) is 20.8 Å². The lowest BCUT2D eigenvalue weighted by Crippen LogP contribution is -2.45. The van der Waals surface area contributed by atoms with Crippen molar-refractivity contribution in [1.29, 1.82) is 0 Å². The van der Waals surface area contributed by atoms with Gasteiger partial charge in [-0.2, -0.15) is 0 Å². The number of nitrogens with two attached hydrogens (primary N) is 1. The van der Waals surface area contributed by atoms with E-state index in [1.807, 2.05) is 0 Å². The fourth-order valence-corrected chi connectivity index (χ4v) is 1.68. The highest BCUT2D eigenvalue weighted by Crippen LogP contribution is 2.08. The van der Waals surface area contributed by atoms with Gasteiger partial charge < -0.3 is 20.9 Å². The van der Waals surface area contributed by atoms with Crippen LogP contribution in [0.25, 0.3) is 0 Å². The van der Waals surface area contributed by atoms with Crippen molar-refractivity contribution in [2.24, 2.45) is 5.73 Å². The molecule has 0 aromatic carbocycles. The summed E-state index contributed by atoms with van der Waals surface area (Å²) in [6.45, 7) is 5.01. The van der Waals surface area contributed by atoms with Crippen LogP contribution in [-0.2, 0) is 14.3 Å². The Kier molecular flexibility index (Phi) is 6.53. The third-order valence-corrected chi connectivity index (χ3v) is 2.58. The zero-order valence-corrected chi connectivity index (χ0v) is 11.4. The lowest BCUT2D eigenvalue weighted by Gasteiger charge is -2.21. The van der Waals surface area contributed by atoms with E-state index in [0.29, 0.717) is 0 Å². The van der Waals surface area contributed by atoms with E-state index >= 15 is 0 Å². The Morgan fingerprint density at radius 2 is 1.94 bits per heavy atom. The van der Waals surface area contributed by atoms with Gasteiger partial charge in [0.1, 0.15) is 11.6 Å². The van der Waals surface area contributed by atoms with Crippen LogP contribution in [0.3, 0.4) is 0 Å². The van der Waals surface area contributed by atoms with Gasteiger partial charge in [0, 0.05) is 5.75 Å². The molecule has 7 nitrogen and oxygen atoms in total. The molecule has 0 rings (SSSR count). The highest BCUT2D eigenvalue weighted by molar-refractivity contribution is 8.00. The third-order valence-electron chi connectivity index (χ3n) is 1.52. The van der Waals surface area contributed by atoms with Gasteiger partial charge in [0.05, 0.1) is 5.75 Å². The molecular formula is C10H18N2O5S. The summed E-state index contributed by atoms with van der Waals surface area (Å²) in [4.78, 5) is 32.8. The summed E-state index contributed by atoms with van der Waals surface area (Å²) in [6, 6.07) is -1.12. The molecule has 0 spiro atoms. The van der Waals surface area contributed by atoms with Crippen LogP contribution in [0.4, 0.5) is 4.79 Å². The molecule has 0 saturated carbocycles. The van der Waals surface area contributed by atoms with Crippen molar-refractivity contribution in [3.8, 4) is 0 Å². The number of ether oxygens (including phenoxy) is 1. The number of primary amides is 1. The van der Waals surface area contributed by atoms with Crippen LogP contribution in [0.5, 0.6) is 0 Å². The van der Waals surface area contributed by atoms with Gasteiger partial charge in [-0.05, 0) is 20.8 Å². The predicted molar refractivity (Wildman–Crippen MR) is 67.3 cm³/mol. The van der Waals surface area contributed by atoms with Gasteiger partial charge in [-0.25, -0.2) is 9.59 Å². The smallest absolute Gasteiger partial charge is 0.408 e. The largest absolute Gasteiger partial charge is 0.480 e. The van der Waals surface area contributed by atoms with Crippen molar-refractivity contribution < 1.29 is 24.2 Å². The van der Waals surface area contributed by atoms with E-state index in [0.717, 1.165) is 11.8 Å². The molecule has 0 unspecified atom stereocenters. The number of nitrogens with one attached hydrogen (secondary N) is 1. The molecule has 1 atom stereocenters. The Morgan fingerprint density at radius 3 is 2.33 bits per heavy atom. The first-order valence-electron chi connectivity index (χ1n) is 5.20. The molecule has 0 aliphatic rings. The number of carboxylic acids is 1. The Labute approximate surface area is 109 Å². The maximum absolute atomic E-state index is 11.4. The maximum atomic E-state index is 11.4. The Morgan fingerprint density at radius 1 is 1.39 bits per heavy atom. The SMILES string of the molecule is CC(C)(C)OC(=O)N[C@@H](CSCC(N)=O)C(=O)O. The Bertz CT molecular complexity index is 327. The lowest BCUT2D eigenvalue weighted by molar-refractivity contribution is -0.138. The van der Waals surface area contributed by atoms with Crippen LogP contribution in [0, 0.1) is 0 Å². The number of amides is 2. The molecule has 0 fully saturated rings. The summed E-state index contributed by atoms with van der Waals surface area (Å²) < 4.78 is 4.93. The minimum Gasteiger partial charge on any atom is -0.480 e. The molecule has 0 saturated heterocycles. The van der Waals surface area contributed by atoms with Crippen LogP contribution in [0.15, 0.2) is 0 Å². The first kappa shape index (κ1) is 16.6. The number of carboxylic acid groups (broad SMARTS) is 1. The van der Waals surface area contributed by atoms with Gasteiger partial charge >= 0.3 is 12.1 Å². The second kappa shape index (κ2) is 7.10. The predicted octanol–water partition coefficient (Wildman–Crippen LogP) is 0.183. The third kappa shape index (κ3) is 8.68. The number of alkyl carbamates (subject to hydrolysis) is 1. The first-order valence-corrected chi connectivity index (χ1v) is 6.35. The summed E-state index contributed by atoms with van der Waals surface area (Å²) in [5.74, 6) is -1.70. The molecule has 0 radical (unpaired) electrons. The number of thioether (sulfide) groups is 1. The van der Waals surface area contributed by atoms with E-state index in [1.54, 1.807) is 20.8 Å². The number of carbonyl (C=O) groups is 3. The van der Waals surface area contributed by atoms with Crippen molar-refractivity contribution in [2.75, 3.05) is 11.5 Å². The van der Waals surface area contributed by atoms with E-state index in [1.165, 1.54) is 0 Å². The maximum Gasteiger partial charge on any atom is 0.408 e. The van der Waals surface area contributed by atoms with Crippen molar-refractivity contribution in [3.05, 3.63) is 0 Å². The quantitative estimate of drug-likeness (QED) is 0.638. The highest BCUT2D eigenvalue weighted by atomic mass is 32.2. The minimum absolute atomic E-state index is 0.000220. The standard InChI is InChI=1S/C10H18N2O5S/c1-10(2,3)17-9(16)12-6(8(14)15)4-18-5-7(11)13/h6H,4-5H2,1-3H3,(H2,11,13)(H,12,16)(H,14,15)/t6-/m0/s1. The molecule has 0 aliphatic carbocycles. The average molecular weight is 278 g/mol. The lowest BCUT2D eigenvalue weighted by atomic mass is 10.2. The molecule has 0 aliphatic heterocycles. The topological polar surface area (TPSA) is 119 Å². The van der Waals surface area contributed by atoms with E-state index in [-0.39, 0.29) is 11.5 Å². The molecule has 0 aromatic heterocycles. The van der Waals surface area contributed by atoms with Gasteiger partial charge in [0.2, 0.25) is 5.91 Å². The van der Waals surface area contributed by atoms with Gasteiger partial charge in [-0.1, -0.05) is 0 Å².